The van der Waals surface area contributed by atoms with Crippen LogP contribution in [0, 0.1) is 24.0 Å². The number of anilines is 1. The molecule has 2 aromatic heterocycles. The Bertz CT molecular complexity index is 1960. The third kappa shape index (κ3) is 5.64. The molecule has 4 aromatic rings. The lowest BCUT2D eigenvalue weighted by atomic mass is 9.95. The van der Waals surface area contributed by atoms with Crippen LogP contribution in [0.4, 0.5) is 19.0 Å². The zero-order valence-corrected chi connectivity index (χ0v) is 28.3. The molecule has 12 heteroatoms. The summed E-state index contributed by atoms with van der Waals surface area (Å²) in [5.41, 5.74) is -0.450. The van der Waals surface area contributed by atoms with Gasteiger partial charge in [0.05, 0.1) is 16.5 Å². The normalized spacial score (nSPS) is 25.4. The number of piperazine rings is 1. The first kappa shape index (κ1) is 32.4. The van der Waals surface area contributed by atoms with Crippen molar-refractivity contribution in [2.45, 2.75) is 75.7 Å². The maximum Gasteiger partial charge on any atom is 0.319 e. The molecule has 4 atom stereocenters. The SMILES string of the molecule is C#Cc1c(F)ccc2cc(O)cc(-c3ncc4c(N5CC6CCC(C5)N6SCCCC)nc(OC[C@@]56CCCN5C[C@H](F)C6)nc4c3F)c12. The second kappa shape index (κ2) is 12.8. The van der Waals surface area contributed by atoms with Crippen LogP contribution >= 0.6 is 11.9 Å². The van der Waals surface area contributed by atoms with Gasteiger partial charge in [0.2, 0.25) is 0 Å². The highest BCUT2D eigenvalue weighted by molar-refractivity contribution is 7.97. The van der Waals surface area contributed by atoms with Gasteiger partial charge in [0, 0.05) is 61.0 Å². The molecule has 8 rings (SSSR count). The number of nitrogens with zero attached hydrogens (tertiary/aromatic N) is 6. The van der Waals surface area contributed by atoms with Crippen molar-refractivity contribution in [1.29, 1.82) is 0 Å². The summed E-state index contributed by atoms with van der Waals surface area (Å²) in [6.07, 6.45) is 13.0. The number of hydrogen-bond donors (Lipinski definition) is 1. The number of aromatic nitrogens is 3. The van der Waals surface area contributed by atoms with E-state index in [4.69, 9.17) is 16.1 Å². The van der Waals surface area contributed by atoms with Crippen molar-refractivity contribution in [2.75, 3.05) is 43.4 Å². The molecule has 49 heavy (non-hydrogen) atoms. The molecule has 0 radical (unpaired) electrons. The van der Waals surface area contributed by atoms with Gasteiger partial charge in [-0.3, -0.25) is 9.88 Å². The number of terminal acetylenes is 1. The van der Waals surface area contributed by atoms with E-state index in [-0.39, 0.29) is 46.1 Å². The fourth-order valence-corrected chi connectivity index (χ4v) is 9.87. The Morgan fingerprint density at radius 3 is 2.73 bits per heavy atom. The number of rotatable bonds is 9. The zero-order chi connectivity index (χ0) is 33.9. The Balaban J connectivity index is 1.23. The summed E-state index contributed by atoms with van der Waals surface area (Å²) in [6.45, 7) is 5.04. The largest absolute Gasteiger partial charge is 0.508 e. The van der Waals surface area contributed by atoms with Gasteiger partial charge in [0.1, 0.15) is 41.4 Å². The van der Waals surface area contributed by atoms with E-state index in [1.54, 1.807) is 6.20 Å². The fraction of sp³-hybridized carbons (Fsp3) is 0.486. The van der Waals surface area contributed by atoms with Crippen molar-refractivity contribution in [3.8, 4) is 35.4 Å². The van der Waals surface area contributed by atoms with Gasteiger partial charge in [-0.25, -0.2) is 17.5 Å². The van der Waals surface area contributed by atoms with Crippen LogP contribution < -0.4 is 9.64 Å². The van der Waals surface area contributed by atoms with Crippen molar-refractivity contribution in [3.63, 3.8) is 0 Å². The standard InChI is InChI=1S/C37H39F3N6O2S/c1-3-5-13-49-46-24-8-9-25(46)20-44(19-24)35-29-17-41-33(28-15-26(47)14-22-7-10-30(39)27(4-2)31(22)28)32(40)34(29)42-36(43-35)48-21-37-11-6-12-45(37)18-23(38)16-37/h2,7,10,14-15,17,23-25,47H,3,5-6,8-9,11-13,16,18-21H2,1H3/t23-,24?,25?,37+/m1/s1. The molecular formula is C37H39F3N6O2S. The highest BCUT2D eigenvalue weighted by Crippen LogP contribution is 2.43. The molecule has 4 fully saturated rings. The Hall–Kier alpha value is -3.79. The lowest BCUT2D eigenvalue weighted by Crippen LogP contribution is -2.51. The molecule has 1 N–H and O–H groups in total. The van der Waals surface area contributed by atoms with Gasteiger partial charge in [0.25, 0.3) is 0 Å². The van der Waals surface area contributed by atoms with E-state index in [0.717, 1.165) is 44.4 Å². The number of alkyl halides is 1. The van der Waals surface area contributed by atoms with Crippen LogP contribution in [0.15, 0.2) is 30.5 Å². The fourth-order valence-electron chi connectivity index (χ4n) is 8.48. The Kier molecular flexibility index (Phi) is 8.49. The number of pyridine rings is 1. The first-order chi connectivity index (χ1) is 23.8. The monoisotopic (exact) mass is 688 g/mol. The highest BCUT2D eigenvalue weighted by Gasteiger charge is 2.49. The van der Waals surface area contributed by atoms with Gasteiger partial charge in [0.15, 0.2) is 5.82 Å². The van der Waals surface area contributed by atoms with Gasteiger partial charge in [-0.2, -0.15) is 9.97 Å². The van der Waals surface area contributed by atoms with Crippen molar-refractivity contribution < 1.29 is 23.0 Å². The van der Waals surface area contributed by atoms with E-state index in [1.165, 1.54) is 30.7 Å². The summed E-state index contributed by atoms with van der Waals surface area (Å²) in [7, 11) is 0. The predicted octanol–water partition coefficient (Wildman–Crippen LogP) is 6.87. The Morgan fingerprint density at radius 1 is 1.14 bits per heavy atom. The van der Waals surface area contributed by atoms with Crippen LogP contribution in [0.25, 0.3) is 32.9 Å². The van der Waals surface area contributed by atoms with Gasteiger partial charge < -0.3 is 14.7 Å². The molecule has 6 heterocycles. The molecule has 0 saturated carbocycles. The second-order valence-electron chi connectivity index (χ2n) is 13.9. The number of hydrogen-bond acceptors (Lipinski definition) is 9. The van der Waals surface area contributed by atoms with Crippen LogP contribution in [0.1, 0.15) is 57.4 Å². The molecule has 0 amide bonds. The molecule has 8 nitrogen and oxygen atoms in total. The number of halogens is 3. The predicted molar refractivity (Wildman–Crippen MR) is 187 cm³/mol. The highest BCUT2D eigenvalue weighted by atomic mass is 32.2. The van der Waals surface area contributed by atoms with Crippen LogP contribution in [0.5, 0.6) is 11.8 Å². The molecule has 256 valence electrons. The summed E-state index contributed by atoms with van der Waals surface area (Å²) in [5.74, 6) is 2.49. The average molecular weight is 689 g/mol. The molecule has 0 aliphatic carbocycles. The van der Waals surface area contributed by atoms with Crippen molar-refractivity contribution in [3.05, 3.63) is 47.7 Å². The van der Waals surface area contributed by atoms with E-state index < -0.39 is 23.3 Å². The van der Waals surface area contributed by atoms with Crippen LogP contribution in [-0.4, -0.2) is 91.6 Å². The van der Waals surface area contributed by atoms with Crippen LogP contribution in [0.3, 0.4) is 0 Å². The topological polar surface area (TPSA) is 77.9 Å². The number of phenolic OH excluding ortho intramolecular Hbond substituents is 1. The lowest BCUT2D eigenvalue weighted by Gasteiger charge is -2.41. The lowest BCUT2D eigenvalue weighted by molar-refractivity contribution is 0.107. The summed E-state index contributed by atoms with van der Waals surface area (Å²) >= 11 is 1.92. The van der Waals surface area contributed by atoms with Gasteiger partial charge in [-0.05, 0) is 62.2 Å². The number of ether oxygens (including phenoxy) is 1. The number of aromatic hydroxyl groups is 1. The van der Waals surface area contributed by atoms with E-state index in [1.807, 2.05) is 11.9 Å². The molecule has 2 bridgehead atoms. The Morgan fingerprint density at radius 2 is 1.96 bits per heavy atom. The number of unbranched alkanes of at least 4 members (excludes halogenated alkanes) is 1. The summed E-state index contributed by atoms with van der Waals surface area (Å²) in [4.78, 5) is 18.4. The summed E-state index contributed by atoms with van der Waals surface area (Å²) in [6, 6.07) is 6.19. The van der Waals surface area contributed by atoms with Gasteiger partial charge >= 0.3 is 6.01 Å². The minimum absolute atomic E-state index is 0.00261. The maximum absolute atomic E-state index is 17.0. The third-order valence-corrected chi connectivity index (χ3v) is 12.1. The quantitative estimate of drug-likeness (QED) is 0.115. The van der Waals surface area contributed by atoms with Crippen LogP contribution in [0.2, 0.25) is 0 Å². The number of fused-ring (bicyclic) bond motifs is 5. The van der Waals surface area contributed by atoms with Crippen molar-refractivity contribution in [1.82, 2.24) is 24.2 Å². The zero-order valence-electron chi connectivity index (χ0n) is 27.5. The second-order valence-corrected chi connectivity index (χ2v) is 15.0. The minimum atomic E-state index is -0.917. The van der Waals surface area contributed by atoms with Crippen LogP contribution in [-0.2, 0) is 0 Å². The van der Waals surface area contributed by atoms with E-state index in [9.17, 15) is 13.9 Å². The van der Waals surface area contributed by atoms with E-state index in [2.05, 4.69) is 36.9 Å². The van der Waals surface area contributed by atoms with Crippen molar-refractivity contribution in [2.24, 2.45) is 0 Å². The smallest absolute Gasteiger partial charge is 0.319 e. The average Bonchev–Trinajstić information content (AvgIpc) is 3.69. The molecule has 2 aromatic carbocycles. The molecule has 4 saturated heterocycles. The number of benzene rings is 2. The van der Waals surface area contributed by atoms with E-state index in [0.29, 0.717) is 54.7 Å². The molecular weight excluding hydrogens is 650 g/mol. The van der Waals surface area contributed by atoms with Crippen molar-refractivity contribution >= 4 is 39.4 Å². The molecule has 4 aliphatic heterocycles. The van der Waals surface area contributed by atoms with Gasteiger partial charge in [-0.15, -0.1) is 6.42 Å². The number of phenols is 1. The maximum atomic E-state index is 17.0. The minimum Gasteiger partial charge on any atom is -0.508 e. The van der Waals surface area contributed by atoms with Gasteiger partial charge in [-0.1, -0.05) is 37.3 Å². The molecule has 4 aliphatic rings. The third-order valence-electron chi connectivity index (χ3n) is 10.8. The first-order valence-corrected chi connectivity index (χ1v) is 18.2. The summed E-state index contributed by atoms with van der Waals surface area (Å²) in [5, 5.41) is 11.7. The molecule has 2 unspecified atom stereocenters. The first-order valence-electron chi connectivity index (χ1n) is 17.2. The molecule has 0 spiro atoms. The van der Waals surface area contributed by atoms with E-state index >= 15 is 4.39 Å². The Labute approximate surface area is 288 Å². The summed E-state index contributed by atoms with van der Waals surface area (Å²) < 4.78 is 55.3.